The molecule has 1 fully saturated rings. The lowest BCUT2D eigenvalue weighted by atomic mass is 9.95. The summed E-state index contributed by atoms with van der Waals surface area (Å²) in [5.41, 5.74) is 1.71. The van der Waals surface area contributed by atoms with E-state index in [4.69, 9.17) is 26.8 Å². The van der Waals surface area contributed by atoms with Crippen LogP contribution in [0.25, 0.3) is 5.57 Å². The first-order chi connectivity index (χ1) is 14.0. The third kappa shape index (κ3) is 4.85. The second-order valence-corrected chi connectivity index (χ2v) is 7.97. The summed E-state index contributed by atoms with van der Waals surface area (Å²) in [5.74, 6) is 1.40. The van der Waals surface area contributed by atoms with E-state index in [1.54, 1.807) is 26.4 Å². The van der Waals surface area contributed by atoms with Gasteiger partial charge in [0, 0.05) is 36.9 Å². The number of aliphatic hydroxyl groups is 1. The van der Waals surface area contributed by atoms with Crippen molar-refractivity contribution in [3.63, 3.8) is 0 Å². The number of carbonyl (C=O) groups excluding carboxylic acids is 2. The number of amides is 1. The largest absolute Gasteiger partial charge is 0.497 e. The molecule has 3 unspecified atom stereocenters. The summed E-state index contributed by atoms with van der Waals surface area (Å²) in [6, 6.07) is 5.54. The number of fused-ring (bicyclic) bond motifs is 1. The fourth-order valence-corrected chi connectivity index (χ4v) is 4.68. The van der Waals surface area contributed by atoms with Crippen LogP contribution in [-0.2, 0) is 9.59 Å². The van der Waals surface area contributed by atoms with E-state index in [1.807, 2.05) is 12.1 Å². The zero-order chi connectivity index (χ0) is 21.0. The molecule has 0 aliphatic heterocycles. The molecule has 3 atom stereocenters. The van der Waals surface area contributed by atoms with Gasteiger partial charge in [-0.1, -0.05) is 12.2 Å². The number of hydrogen-bond donors (Lipinski definition) is 2. The van der Waals surface area contributed by atoms with Gasteiger partial charge in [0.2, 0.25) is 5.91 Å². The van der Waals surface area contributed by atoms with Crippen molar-refractivity contribution in [2.75, 3.05) is 27.4 Å². The average molecular weight is 418 g/mol. The van der Waals surface area contributed by atoms with Gasteiger partial charge in [-0.2, -0.15) is 0 Å². The summed E-state index contributed by atoms with van der Waals surface area (Å²) < 4.78 is 10.9. The third-order valence-electron chi connectivity index (χ3n) is 5.64. The van der Waals surface area contributed by atoms with Gasteiger partial charge in [0.15, 0.2) is 5.78 Å². The Morgan fingerprint density at radius 1 is 1.24 bits per heavy atom. The van der Waals surface area contributed by atoms with Crippen LogP contribution >= 0.6 is 12.2 Å². The highest BCUT2D eigenvalue weighted by atomic mass is 32.1. The first-order valence-electron chi connectivity index (χ1n) is 9.87. The number of carbonyl (C=O) groups is 2. The third-order valence-corrected chi connectivity index (χ3v) is 6.11. The Kier molecular flexibility index (Phi) is 7.03. The van der Waals surface area contributed by atoms with Gasteiger partial charge in [0.1, 0.15) is 11.5 Å². The lowest BCUT2D eigenvalue weighted by Gasteiger charge is -2.14. The van der Waals surface area contributed by atoms with Gasteiger partial charge in [-0.3, -0.25) is 9.59 Å². The normalized spacial score (nSPS) is 23.8. The van der Waals surface area contributed by atoms with Crippen LogP contribution in [0.2, 0.25) is 0 Å². The summed E-state index contributed by atoms with van der Waals surface area (Å²) in [4.78, 5) is 25.7. The van der Waals surface area contributed by atoms with Gasteiger partial charge in [0.25, 0.3) is 0 Å². The number of hydrogen-bond acceptors (Lipinski definition) is 6. The van der Waals surface area contributed by atoms with E-state index in [0.717, 1.165) is 28.8 Å². The molecule has 0 radical (unpaired) electrons. The molecule has 3 rings (SSSR count). The fourth-order valence-electron chi connectivity index (χ4n) is 4.21. The predicted octanol–water partition coefficient (Wildman–Crippen LogP) is 2.57. The van der Waals surface area contributed by atoms with E-state index in [0.29, 0.717) is 24.3 Å². The van der Waals surface area contributed by atoms with Crippen LogP contribution in [-0.4, -0.2) is 49.0 Å². The van der Waals surface area contributed by atoms with E-state index in [9.17, 15) is 9.59 Å². The molecule has 0 heterocycles. The van der Waals surface area contributed by atoms with Crippen LogP contribution in [0.4, 0.5) is 0 Å². The number of rotatable bonds is 7. The van der Waals surface area contributed by atoms with Gasteiger partial charge in [-0.15, -0.1) is 0 Å². The first-order valence-corrected chi connectivity index (χ1v) is 10.3. The monoisotopic (exact) mass is 417 g/mol. The highest BCUT2D eigenvalue weighted by molar-refractivity contribution is 7.80. The van der Waals surface area contributed by atoms with Crippen molar-refractivity contribution in [2.45, 2.75) is 25.7 Å². The molecule has 2 N–H and O–H groups in total. The van der Waals surface area contributed by atoms with Gasteiger partial charge in [-0.05, 0) is 53.3 Å². The number of aliphatic hydroxyl groups excluding tert-OH is 1. The molecule has 1 saturated carbocycles. The minimum Gasteiger partial charge on any atom is -0.497 e. The van der Waals surface area contributed by atoms with Crippen LogP contribution in [0.5, 0.6) is 11.5 Å². The molecule has 1 aromatic rings. The fraction of sp³-hybridized carbons (Fsp3) is 0.500. The van der Waals surface area contributed by atoms with Gasteiger partial charge >= 0.3 is 0 Å². The van der Waals surface area contributed by atoms with Crippen LogP contribution in [0.15, 0.2) is 24.3 Å². The lowest BCUT2D eigenvalue weighted by Crippen LogP contribution is -2.26. The highest BCUT2D eigenvalue weighted by Crippen LogP contribution is 2.58. The lowest BCUT2D eigenvalue weighted by molar-refractivity contribution is -0.121. The molecular weight excluding hydrogens is 390 g/mol. The Morgan fingerprint density at radius 3 is 2.72 bits per heavy atom. The van der Waals surface area contributed by atoms with E-state index in [1.165, 1.54) is 0 Å². The Balaban J connectivity index is 1.96. The molecule has 0 bridgehead atoms. The number of allylic oxidation sites excluding steroid dienone is 2. The van der Waals surface area contributed by atoms with E-state index < -0.39 is 0 Å². The van der Waals surface area contributed by atoms with Crippen LogP contribution in [0.1, 0.15) is 31.2 Å². The number of methoxy groups -OCH3 is 2. The maximum Gasteiger partial charge on any atom is 0.220 e. The summed E-state index contributed by atoms with van der Waals surface area (Å²) in [7, 11) is 3.18. The number of ether oxygens (including phenoxy) is 2. The molecule has 2 aliphatic carbocycles. The maximum absolute atomic E-state index is 12.5. The predicted molar refractivity (Wildman–Crippen MR) is 114 cm³/mol. The van der Waals surface area contributed by atoms with Crippen LogP contribution in [0.3, 0.4) is 0 Å². The van der Waals surface area contributed by atoms with Crippen molar-refractivity contribution in [1.29, 1.82) is 0 Å². The maximum atomic E-state index is 12.5. The number of nitrogens with one attached hydrogen (secondary N) is 1. The molecule has 29 heavy (non-hydrogen) atoms. The highest BCUT2D eigenvalue weighted by Gasteiger charge is 2.55. The molecule has 2 aliphatic rings. The minimum absolute atomic E-state index is 0.00622. The second-order valence-electron chi connectivity index (χ2n) is 7.45. The number of ketones is 1. The average Bonchev–Trinajstić information content (AvgIpc) is 3.41. The van der Waals surface area contributed by atoms with Crippen LogP contribution in [0, 0.1) is 17.8 Å². The van der Waals surface area contributed by atoms with Crippen LogP contribution < -0.4 is 14.8 Å². The Labute approximate surface area is 176 Å². The van der Waals surface area contributed by atoms with E-state index >= 15 is 0 Å². The summed E-state index contributed by atoms with van der Waals surface area (Å²) in [6.07, 6.45) is 3.94. The van der Waals surface area contributed by atoms with Crippen molar-refractivity contribution in [3.8, 4) is 11.5 Å². The molecule has 7 heteroatoms. The quantitative estimate of drug-likeness (QED) is 0.664. The molecular formula is C22H27NO5S. The van der Waals surface area contributed by atoms with Gasteiger partial charge in [-0.25, -0.2) is 0 Å². The molecule has 0 saturated heterocycles. The standard InChI is InChI=1S/C22H27NO5S/c1-27-14-6-7-15(18(11-14)28-2)16-10-13(25)4-3-5-19(29)22-17(21(16)22)12-20(26)23-8-9-24/h6-7,10-11,17,21-22,24H,3-5,8-9,12H2,1-2H3,(H,23,26). The number of benzene rings is 1. The Hall–Kier alpha value is -2.25. The second kappa shape index (κ2) is 9.50. The Morgan fingerprint density at radius 2 is 2.03 bits per heavy atom. The topological polar surface area (TPSA) is 84.9 Å². The van der Waals surface area contributed by atoms with Crippen molar-refractivity contribution in [3.05, 3.63) is 29.8 Å². The zero-order valence-corrected chi connectivity index (χ0v) is 17.6. The van der Waals surface area contributed by atoms with Gasteiger partial charge < -0.3 is 19.9 Å². The van der Waals surface area contributed by atoms with Gasteiger partial charge in [0.05, 0.1) is 20.8 Å². The Bertz CT molecular complexity index is 834. The summed E-state index contributed by atoms with van der Waals surface area (Å²) >= 11 is 5.68. The summed E-state index contributed by atoms with van der Waals surface area (Å²) in [5, 5.41) is 11.6. The van der Waals surface area contributed by atoms with Crippen molar-refractivity contribution < 1.29 is 24.2 Å². The molecule has 0 spiro atoms. The number of thiocarbonyl (C=S) groups is 1. The molecule has 6 nitrogen and oxygen atoms in total. The first kappa shape index (κ1) is 21.5. The van der Waals surface area contributed by atoms with Crippen molar-refractivity contribution >= 4 is 34.3 Å². The molecule has 156 valence electrons. The smallest absolute Gasteiger partial charge is 0.220 e. The zero-order valence-electron chi connectivity index (χ0n) is 16.8. The summed E-state index contributed by atoms with van der Waals surface area (Å²) in [6.45, 7) is 0.142. The molecule has 1 aromatic carbocycles. The molecule has 1 amide bonds. The SMILES string of the molecule is COc1ccc(C2=CC(=O)CCCC(=S)C3C(CC(=O)NCCO)C23)c(OC)c1. The minimum atomic E-state index is -0.108. The van der Waals surface area contributed by atoms with Crippen molar-refractivity contribution in [1.82, 2.24) is 5.32 Å². The van der Waals surface area contributed by atoms with E-state index in [-0.39, 0.29) is 42.6 Å². The van der Waals surface area contributed by atoms with Crippen molar-refractivity contribution in [2.24, 2.45) is 17.8 Å². The molecule has 0 aromatic heterocycles. The van der Waals surface area contributed by atoms with E-state index in [2.05, 4.69) is 5.32 Å².